The van der Waals surface area contributed by atoms with Gasteiger partial charge in [0, 0.05) is 10.4 Å². The van der Waals surface area contributed by atoms with E-state index in [1.165, 1.54) is 0 Å². The first-order chi connectivity index (χ1) is 4.56. The van der Waals surface area contributed by atoms with Crippen LogP contribution in [0.2, 0.25) is 0 Å². The van der Waals surface area contributed by atoms with Crippen molar-refractivity contribution >= 4 is 38.2 Å². The molecule has 0 aromatic rings. The van der Waals surface area contributed by atoms with Crippen molar-refractivity contribution in [3.05, 3.63) is 0 Å². The molecule has 0 bridgehead atoms. The molecule has 0 heterocycles. The zero-order chi connectivity index (χ0) is 9.71. The van der Waals surface area contributed by atoms with Gasteiger partial charge in [-0.1, -0.05) is 0 Å². The summed E-state index contributed by atoms with van der Waals surface area (Å²) >= 11 is 0. The molecule has 78 valence electrons. The Balaban J connectivity index is -0.0000000215. The van der Waals surface area contributed by atoms with Crippen LogP contribution in [0.5, 0.6) is 0 Å². The minimum absolute atomic E-state index is 0. The Labute approximate surface area is 121 Å². The molecule has 0 saturated heterocycles. The van der Waals surface area contributed by atoms with Gasteiger partial charge in [-0.05, 0) is 0 Å². The van der Waals surface area contributed by atoms with E-state index in [0.717, 1.165) is 0 Å². The fourth-order valence-electron chi connectivity index (χ4n) is 0. The van der Waals surface area contributed by atoms with Crippen LogP contribution in [0, 0.1) is 0 Å². The molecule has 0 amide bonds. The Morgan fingerprint density at radius 2 is 1.00 bits per heavy atom. The molecule has 0 atom stereocenters. The maximum atomic E-state index is 8.97. The summed E-state index contributed by atoms with van der Waals surface area (Å²) in [7, 11) is -10.0. The molecule has 15 heavy (non-hydrogen) atoms. The first-order valence-corrected chi connectivity index (χ1v) is 4.18. The molecule has 0 rings (SSSR count). The van der Waals surface area contributed by atoms with Crippen LogP contribution in [0.3, 0.4) is 0 Å². The van der Waals surface area contributed by atoms with Gasteiger partial charge in [0.05, 0.1) is 0 Å². The fraction of sp³-hybridized carbons (Fsp3) is 0. The van der Waals surface area contributed by atoms with E-state index in [4.69, 9.17) is 35.8 Å². The van der Waals surface area contributed by atoms with E-state index in [1.54, 1.807) is 0 Å². The van der Waals surface area contributed by atoms with Crippen LogP contribution in [0.15, 0.2) is 0 Å². The van der Waals surface area contributed by atoms with Gasteiger partial charge in [0.1, 0.15) is 0 Å². The molecule has 0 spiro atoms. The molecule has 0 aromatic heterocycles. The minimum Gasteiger partial charge on any atom is -0.759 e. The molecule has 0 radical (unpaired) electrons. The van der Waals surface area contributed by atoms with Crippen LogP contribution in [-0.2, 0) is 25.1 Å². The van der Waals surface area contributed by atoms with Crippen molar-refractivity contribution < 1.29 is 83.3 Å². The second kappa shape index (κ2) is 15.4. The Bertz CT molecular complexity index is 269. The van der Waals surface area contributed by atoms with E-state index in [2.05, 4.69) is 4.33 Å². The third-order valence-corrected chi connectivity index (χ3v) is 0.274. The smallest absolute Gasteiger partial charge is 0.759 e. The van der Waals surface area contributed by atoms with E-state index in [1.807, 2.05) is 0 Å². The van der Waals surface area contributed by atoms with Crippen LogP contribution in [-0.4, -0.2) is 58.6 Å². The van der Waals surface area contributed by atoms with Crippen molar-refractivity contribution in [3.63, 3.8) is 0 Å². The Morgan fingerprint density at radius 1 is 0.933 bits per heavy atom. The number of hydrogen-bond donors (Lipinski definition) is 1. The molecule has 0 unspecified atom stereocenters. The molecule has 15 heteroatoms. The van der Waals surface area contributed by atoms with Gasteiger partial charge in [-0.3, -0.25) is 8.42 Å². The molecule has 0 aliphatic heterocycles. The predicted octanol–water partition coefficient (Wildman–Crippen LogP) is -9.60. The van der Waals surface area contributed by atoms with Crippen molar-refractivity contribution in [2.24, 2.45) is 0 Å². The summed E-state index contributed by atoms with van der Waals surface area (Å²) in [6.07, 6.45) is 0. The summed E-state index contributed by atoms with van der Waals surface area (Å²) in [6, 6.07) is 0. The van der Waals surface area contributed by atoms with Crippen LogP contribution in [0.1, 0.15) is 0 Å². The molecule has 0 aliphatic rings. The van der Waals surface area contributed by atoms with Gasteiger partial charge in [0.15, 0.2) is 0 Å². The van der Waals surface area contributed by atoms with Crippen molar-refractivity contribution in [3.8, 4) is 0 Å². The second-order valence-electron chi connectivity index (χ2n) is 0.891. The topological polar surface area (TPSA) is 198 Å². The summed E-state index contributed by atoms with van der Waals surface area (Å²) in [5, 5.41) is 7.00. The summed E-state index contributed by atoms with van der Waals surface area (Å²) in [5.41, 5.74) is 0. The molecule has 0 aliphatic carbocycles. The molecule has 3 N–H and O–H groups in total. The standard InChI is InChI=1S/Al.2Li.H2O5S.H2O4S.H2O/c;;;1-5-6(2,3)4;1-5(2,3)4;/h;;;1H,(H,2,3,4);(H2,1,2,3,4);1H2/q+3;2*+1;;;/p-3. The fourth-order valence-corrected chi connectivity index (χ4v) is 0. The molecule has 0 aromatic carbocycles. The van der Waals surface area contributed by atoms with Crippen molar-refractivity contribution in [2.45, 2.75) is 0 Å². The maximum Gasteiger partial charge on any atom is 3.00 e. The number of hydrogen-bond acceptors (Lipinski definition) is 9. The van der Waals surface area contributed by atoms with Crippen molar-refractivity contribution in [1.82, 2.24) is 0 Å². The minimum atomic E-state index is -5.17. The molecule has 0 saturated carbocycles. The first-order valence-electron chi connectivity index (χ1n) is 1.52. The van der Waals surface area contributed by atoms with Crippen LogP contribution < -0.4 is 37.7 Å². The van der Waals surface area contributed by atoms with Crippen molar-refractivity contribution in [1.29, 1.82) is 0 Å². The van der Waals surface area contributed by atoms with E-state index >= 15 is 0 Å². The second-order valence-corrected chi connectivity index (χ2v) is 2.67. The first kappa shape index (κ1) is 36.0. The van der Waals surface area contributed by atoms with Crippen LogP contribution in [0.25, 0.3) is 0 Å². The third kappa shape index (κ3) is 143. The molecular weight excluding hydrogens is 265 g/mol. The summed E-state index contributed by atoms with van der Waals surface area (Å²) in [6.45, 7) is 0. The Morgan fingerprint density at radius 3 is 1.00 bits per heavy atom. The predicted molar refractivity (Wildman–Crippen MR) is 33.3 cm³/mol. The Kier molecular flexibility index (Phi) is 36.9. The molecule has 0 fully saturated rings. The Hall–Kier alpha value is 1.39. The molecular formula is H3AlLi2O10S2+2. The SMILES string of the molecule is O.O=S(=O)([O-])OO.O=S(=O)([O-])[O-].[Al+3].[Li+].[Li+]. The average Bonchev–Trinajstić information content (AvgIpc) is 1.59. The summed E-state index contributed by atoms with van der Waals surface area (Å²) in [4.78, 5) is 0. The summed E-state index contributed by atoms with van der Waals surface area (Å²) < 4.78 is 63.4. The van der Waals surface area contributed by atoms with Gasteiger partial charge in [0.2, 0.25) is 10.4 Å². The van der Waals surface area contributed by atoms with Gasteiger partial charge in [0.25, 0.3) is 0 Å². The zero-order valence-corrected chi connectivity index (χ0v) is 10.4. The molecule has 10 nitrogen and oxygen atoms in total. The van der Waals surface area contributed by atoms with E-state index in [-0.39, 0.29) is 60.6 Å². The largest absolute Gasteiger partial charge is 3.00 e. The normalized spacial score (nSPS) is 8.53. The van der Waals surface area contributed by atoms with Crippen LogP contribution >= 0.6 is 0 Å². The quantitative estimate of drug-likeness (QED) is 0.157. The van der Waals surface area contributed by atoms with Gasteiger partial charge in [-0.25, -0.2) is 13.7 Å². The maximum absolute atomic E-state index is 8.97. The average molecular weight is 268 g/mol. The number of rotatable bonds is 1. The van der Waals surface area contributed by atoms with E-state index < -0.39 is 20.8 Å². The van der Waals surface area contributed by atoms with E-state index in [0.29, 0.717) is 0 Å². The third-order valence-electron chi connectivity index (χ3n) is 0.0913. The summed E-state index contributed by atoms with van der Waals surface area (Å²) in [5.74, 6) is 0. The van der Waals surface area contributed by atoms with E-state index in [9.17, 15) is 0 Å². The van der Waals surface area contributed by atoms with Gasteiger partial charge in [-0.2, -0.15) is 0 Å². The van der Waals surface area contributed by atoms with Crippen molar-refractivity contribution in [2.75, 3.05) is 0 Å². The van der Waals surface area contributed by atoms with Gasteiger partial charge >= 0.3 is 55.1 Å². The zero-order valence-electron chi connectivity index (χ0n) is 7.61. The van der Waals surface area contributed by atoms with Gasteiger partial charge < -0.3 is 19.1 Å². The van der Waals surface area contributed by atoms with Crippen LogP contribution in [0.4, 0.5) is 0 Å². The van der Waals surface area contributed by atoms with Gasteiger partial charge in [-0.15, -0.1) is 4.33 Å². The monoisotopic (exact) mass is 268 g/mol.